The maximum absolute atomic E-state index is 12.8. The number of amides is 1. The molecule has 1 aromatic carbocycles. The van der Waals surface area contributed by atoms with Crippen molar-refractivity contribution in [3.63, 3.8) is 0 Å². The van der Waals surface area contributed by atoms with Crippen molar-refractivity contribution in [3.05, 3.63) is 46.1 Å². The van der Waals surface area contributed by atoms with E-state index in [-0.39, 0.29) is 11.8 Å². The van der Waals surface area contributed by atoms with Crippen LogP contribution in [0.1, 0.15) is 54.9 Å². The van der Waals surface area contributed by atoms with Crippen molar-refractivity contribution in [2.75, 3.05) is 18.9 Å². The molecular formula is C24H31N3O2S. The molecule has 30 heavy (non-hydrogen) atoms. The van der Waals surface area contributed by atoms with Crippen molar-refractivity contribution in [1.82, 2.24) is 9.88 Å². The van der Waals surface area contributed by atoms with Gasteiger partial charge in [-0.25, -0.2) is 4.98 Å². The maximum atomic E-state index is 12.8. The Morgan fingerprint density at radius 3 is 2.80 bits per heavy atom. The number of likely N-dealkylation sites (N-methyl/N-ethyl adjacent to an activating group) is 1. The number of thiazole rings is 1. The standard InChI is InChI=1S/C24H31N3O2S/c1-17-20(11-13-27(2)16-23-25-12-14-30-23)21-15-19(9-10-22(21)29-17)26-24(28)18-7-5-3-4-6-8-18/h9-10,12,14-15,18H,3-8,11,13,16H2,1-2H3,(H,26,28). The molecule has 0 radical (unpaired) electrons. The molecule has 1 fully saturated rings. The molecule has 0 bridgehead atoms. The Kier molecular flexibility index (Phi) is 6.85. The number of aromatic nitrogens is 1. The Labute approximate surface area is 182 Å². The summed E-state index contributed by atoms with van der Waals surface area (Å²) in [5, 5.41) is 7.42. The zero-order valence-corrected chi connectivity index (χ0v) is 18.8. The van der Waals surface area contributed by atoms with Crippen molar-refractivity contribution in [2.45, 2.75) is 58.4 Å². The van der Waals surface area contributed by atoms with Gasteiger partial charge in [-0.05, 0) is 51.4 Å². The summed E-state index contributed by atoms with van der Waals surface area (Å²) >= 11 is 1.69. The quantitative estimate of drug-likeness (QED) is 0.487. The molecule has 3 aromatic rings. The summed E-state index contributed by atoms with van der Waals surface area (Å²) in [5.74, 6) is 1.27. The first kappa shape index (κ1) is 21.1. The highest BCUT2D eigenvalue weighted by Gasteiger charge is 2.20. The minimum Gasteiger partial charge on any atom is -0.461 e. The van der Waals surface area contributed by atoms with E-state index in [2.05, 4.69) is 28.3 Å². The number of nitrogens with zero attached hydrogens (tertiary/aromatic N) is 2. The lowest BCUT2D eigenvalue weighted by Crippen LogP contribution is -2.22. The van der Waals surface area contributed by atoms with Crippen LogP contribution in [0.4, 0.5) is 5.69 Å². The smallest absolute Gasteiger partial charge is 0.227 e. The second-order valence-corrected chi connectivity index (χ2v) is 9.42. The molecule has 160 valence electrons. The molecule has 2 heterocycles. The number of hydrogen-bond acceptors (Lipinski definition) is 5. The van der Waals surface area contributed by atoms with E-state index in [4.69, 9.17) is 4.42 Å². The van der Waals surface area contributed by atoms with Crippen molar-refractivity contribution < 1.29 is 9.21 Å². The molecule has 0 aliphatic heterocycles. The van der Waals surface area contributed by atoms with Crippen LogP contribution in [0.3, 0.4) is 0 Å². The molecule has 0 saturated heterocycles. The number of benzene rings is 1. The molecule has 0 spiro atoms. The van der Waals surface area contributed by atoms with E-state index >= 15 is 0 Å². The second kappa shape index (κ2) is 9.75. The molecule has 0 unspecified atom stereocenters. The van der Waals surface area contributed by atoms with Gasteiger partial charge in [0.15, 0.2) is 0 Å². The molecule has 4 rings (SSSR count). The minimum absolute atomic E-state index is 0.147. The molecule has 1 aliphatic rings. The zero-order chi connectivity index (χ0) is 20.9. The van der Waals surface area contributed by atoms with E-state index in [1.54, 1.807) is 11.3 Å². The highest BCUT2D eigenvalue weighted by atomic mass is 32.1. The van der Waals surface area contributed by atoms with Gasteiger partial charge in [-0.1, -0.05) is 25.7 Å². The van der Waals surface area contributed by atoms with Crippen LogP contribution in [0, 0.1) is 12.8 Å². The van der Waals surface area contributed by atoms with Crippen molar-refractivity contribution in [2.24, 2.45) is 5.92 Å². The summed E-state index contributed by atoms with van der Waals surface area (Å²) in [7, 11) is 2.12. The van der Waals surface area contributed by atoms with E-state index in [0.717, 1.165) is 72.6 Å². The van der Waals surface area contributed by atoms with E-state index in [1.807, 2.05) is 30.6 Å². The maximum Gasteiger partial charge on any atom is 0.227 e. The first-order valence-corrected chi connectivity index (χ1v) is 11.9. The monoisotopic (exact) mass is 425 g/mol. The van der Waals surface area contributed by atoms with Gasteiger partial charge >= 0.3 is 0 Å². The normalized spacial score (nSPS) is 15.6. The lowest BCUT2D eigenvalue weighted by molar-refractivity contribution is -0.120. The second-order valence-electron chi connectivity index (χ2n) is 8.44. The summed E-state index contributed by atoms with van der Waals surface area (Å²) in [6, 6.07) is 6.02. The third-order valence-corrected chi connectivity index (χ3v) is 6.88. The average Bonchev–Trinajstić information content (AvgIpc) is 3.23. The van der Waals surface area contributed by atoms with Crippen LogP contribution in [0.5, 0.6) is 0 Å². The zero-order valence-electron chi connectivity index (χ0n) is 17.9. The number of nitrogens with one attached hydrogen (secondary N) is 1. The number of anilines is 1. The number of rotatable bonds is 7. The minimum atomic E-state index is 0.147. The van der Waals surface area contributed by atoms with E-state index < -0.39 is 0 Å². The summed E-state index contributed by atoms with van der Waals surface area (Å²) in [5.41, 5.74) is 2.98. The van der Waals surface area contributed by atoms with E-state index in [9.17, 15) is 4.79 Å². The lowest BCUT2D eigenvalue weighted by Gasteiger charge is -2.15. The largest absolute Gasteiger partial charge is 0.461 e. The Hall–Kier alpha value is -2.18. The van der Waals surface area contributed by atoms with Crippen LogP contribution >= 0.6 is 11.3 Å². The SMILES string of the molecule is Cc1oc2ccc(NC(=O)C3CCCCCC3)cc2c1CCN(C)Cc1nccs1. The highest BCUT2D eigenvalue weighted by molar-refractivity contribution is 7.09. The van der Waals surface area contributed by atoms with Gasteiger partial charge in [0.05, 0.1) is 6.54 Å². The fourth-order valence-corrected chi connectivity index (χ4v) is 5.08. The fourth-order valence-electron chi connectivity index (χ4n) is 4.39. The Bertz CT molecular complexity index is 972. The Balaban J connectivity index is 1.44. The predicted octanol–water partition coefficient (Wildman–Crippen LogP) is 5.78. The molecule has 1 amide bonds. The van der Waals surface area contributed by atoms with Crippen molar-refractivity contribution >= 4 is 33.9 Å². The number of fused-ring (bicyclic) bond motifs is 1. The van der Waals surface area contributed by atoms with Crippen LogP contribution in [-0.4, -0.2) is 29.4 Å². The number of carbonyl (C=O) groups is 1. The molecule has 1 N–H and O–H groups in total. The third kappa shape index (κ3) is 5.10. The van der Waals surface area contributed by atoms with Gasteiger partial charge in [-0.2, -0.15) is 0 Å². The van der Waals surface area contributed by atoms with Gasteiger partial charge in [0.2, 0.25) is 5.91 Å². The van der Waals surface area contributed by atoms with Crippen LogP contribution < -0.4 is 5.32 Å². The van der Waals surface area contributed by atoms with Gasteiger partial charge < -0.3 is 9.73 Å². The predicted molar refractivity (Wildman–Crippen MR) is 123 cm³/mol. The molecular weight excluding hydrogens is 394 g/mol. The molecule has 1 aliphatic carbocycles. The van der Waals surface area contributed by atoms with Gasteiger partial charge in [-0.15, -0.1) is 11.3 Å². The van der Waals surface area contributed by atoms with E-state index in [0.29, 0.717) is 0 Å². The van der Waals surface area contributed by atoms with Gasteiger partial charge in [0, 0.05) is 40.7 Å². The number of furan rings is 1. The first-order valence-electron chi connectivity index (χ1n) is 11.0. The van der Waals surface area contributed by atoms with E-state index in [1.165, 1.54) is 18.4 Å². The van der Waals surface area contributed by atoms with Crippen LogP contribution in [0.15, 0.2) is 34.2 Å². The molecule has 6 heteroatoms. The fraction of sp³-hybridized carbons (Fsp3) is 0.500. The summed E-state index contributed by atoms with van der Waals surface area (Å²) in [6.45, 7) is 3.81. The molecule has 2 aromatic heterocycles. The van der Waals surface area contributed by atoms with Crippen molar-refractivity contribution in [3.8, 4) is 0 Å². The summed E-state index contributed by atoms with van der Waals surface area (Å²) in [6.07, 6.45) is 9.61. The number of carbonyl (C=O) groups excluding carboxylic acids is 1. The first-order chi connectivity index (χ1) is 14.6. The molecule has 1 saturated carbocycles. The number of hydrogen-bond donors (Lipinski definition) is 1. The summed E-state index contributed by atoms with van der Waals surface area (Å²) < 4.78 is 5.99. The number of aryl methyl sites for hydroxylation is 1. The van der Waals surface area contributed by atoms with Crippen LogP contribution in [0.25, 0.3) is 11.0 Å². The van der Waals surface area contributed by atoms with Gasteiger partial charge in [-0.3, -0.25) is 9.69 Å². The van der Waals surface area contributed by atoms with Gasteiger partial charge in [0.25, 0.3) is 0 Å². The topological polar surface area (TPSA) is 58.4 Å². The lowest BCUT2D eigenvalue weighted by atomic mass is 9.99. The van der Waals surface area contributed by atoms with Crippen LogP contribution in [-0.2, 0) is 17.8 Å². The van der Waals surface area contributed by atoms with Crippen LogP contribution in [0.2, 0.25) is 0 Å². The average molecular weight is 426 g/mol. The summed E-state index contributed by atoms with van der Waals surface area (Å²) in [4.78, 5) is 19.4. The Morgan fingerprint density at radius 2 is 2.07 bits per heavy atom. The Morgan fingerprint density at radius 1 is 1.27 bits per heavy atom. The third-order valence-electron chi connectivity index (χ3n) is 6.12. The molecule has 0 atom stereocenters. The van der Waals surface area contributed by atoms with Crippen molar-refractivity contribution in [1.29, 1.82) is 0 Å². The molecule has 5 nitrogen and oxygen atoms in total. The van der Waals surface area contributed by atoms with Gasteiger partial charge in [0.1, 0.15) is 16.4 Å². The highest BCUT2D eigenvalue weighted by Crippen LogP contribution is 2.30.